The molecule has 2 N–H and O–H groups in total. The smallest absolute Gasteiger partial charge is 0.240 e. The Bertz CT molecular complexity index is 529. The van der Waals surface area contributed by atoms with Gasteiger partial charge in [0, 0.05) is 24.5 Å². The molecular formula is C13H19BrN2O3S. The number of rotatable bonds is 8. The first kappa shape index (κ1) is 17.1. The van der Waals surface area contributed by atoms with Gasteiger partial charge in [-0.3, -0.25) is 4.79 Å². The average molecular weight is 363 g/mol. The number of anilines is 1. The highest BCUT2D eigenvalue weighted by Crippen LogP contribution is 2.14. The van der Waals surface area contributed by atoms with Crippen LogP contribution in [0.25, 0.3) is 0 Å². The highest BCUT2D eigenvalue weighted by molar-refractivity contribution is 9.09. The molecule has 20 heavy (non-hydrogen) atoms. The lowest BCUT2D eigenvalue weighted by molar-refractivity contribution is -0.114. The average Bonchev–Trinajstić information content (AvgIpc) is 2.38. The maximum absolute atomic E-state index is 12.0. The zero-order chi connectivity index (χ0) is 15.0. The fraction of sp³-hybridized carbons (Fsp3) is 0.462. The summed E-state index contributed by atoms with van der Waals surface area (Å²) in [5.41, 5.74) is 0.578. The Labute approximate surface area is 128 Å². The van der Waals surface area contributed by atoms with Gasteiger partial charge in [-0.25, -0.2) is 13.1 Å². The van der Waals surface area contributed by atoms with E-state index in [1.807, 2.05) is 0 Å². The molecule has 1 amide bonds. The van der Waals surface area contributed by atoms with Crippen LogP contribution in [-0.2, 0) is 14.8 Å². The molecule has 112 valence electrons. The number of hydrogen-bond acceptors (Lipinski definition) is 3. The molecule has 0 bridgehead atoms. The third-order valence-electron chi connectivity index (χ3n) is 2.59. The third kappa shape index (κ3) is 6.02. The maximum Gasteiger partial charge on any atom is 0.240 e. The lowest BCUT2D eigenvalue weighted by atomic mass is 10.3. The molecule has 0 fully saturated rings. The van der Waals surface area contributed by atoms with Crippen LogP contribution in [0.15, 0.2) is 29.2 Å². The number of halogens is 1. The molecule has 0 atom stereocenters. The summed E-state index contributed by atoms with van der Waals surface area (Å²) in [7, 11) is -3.47. The molecule has 0 aromatic heterocycles. The monoisotopic (exact) mass is 362 g/mol. The first-order valence-electron chi connectivity index (χ1n) is 6.39. The number of hydrogen-bond donors (Lipinski definition) is 2. The van der Waals surface area contributed by atoms with Gasteiger partial charge in [0.15, 0.2) is 0 Å². The summed E-state index contributed by atoms with van der Waals surface area (Å²) < 4.78 is 26.5. The van der Waals surface area contributed by atoms with Crippen LogP contribution in [0.3, 0.4) is 0 Å². The predicted molar refractivity (Wildman–Crippen MR) is 83.6 cm³/mol. The van der Waals surface area contributed by atoms with Crippen molar-refractivity contribution in [2.24, 2.45) is 0 Å². The largest absolute Gasteiger partial charge is 0.326 e. The summed E-state index contributed by atoms with van der Waals surface area (Å²) >= 11 is 3.33. The van der Waals surface area contributed by atoms with E-state index in [-0.39, 0.29) is 10.8 Å². The normalized spacial score (nSPS) is 11.3. The molecule has 0 aliphatic heterocycles. The SMILES string of the molecule is CC(=O)Nc1ccc(S(=O)(=O)NCCCCCBr)cc1. The first-order chi connectivity index (χ1) is 9.45. The van der Waals surface area contributed by atoms with Crippen LogP contribution in [-0.4, -0.2) is 26.2 Å². The number of benzene rings is 1. The third-order valence-corrected chi connectivity index (χ3v) is 4.63. The van der Waals surface area contributed by atoms with Gasteiger partial charge in [0.1, 0.15) is 0 Å². The molecule has 0 aliphatic carbocycles. The summed E-state index contributed by atoms with van der Waals surface area (Å²) in [6, 6.07) is 6.10. The molecule has 1 aromatic rings. The summed E-state index contributed by atoms with van der Waals surface area (Å²) in [5.74, 6) is -0.189. The lowest BCUT2D eigenvalue weighted by Gasteiger charge is -2.07. The van der Waals surface area contributed by atoms with Gasteiger partial charge in [-0.1, -0.05) is 22.4 Å². The molecule has 0 radical (unpaired) electrons. The minimum atomic E-state index is -3.47. The van der Waals surface area contributed by atoms with Gasteiger partial charge in [-0.2, -0.15) is 0 Å². The Hall–Kier alpha value is -0.920. The van der Waals surface area contributed by atoms with Crippen molar-refractivity contribution in [3.63, 3.8) is 0 Å². The number of carbonyl (C=O) groups excluding carboxylic acids is 1. The standard InChI is InChI=1S/C13H19BrN2O3S/c1-11(17)16-12-5-7-13(8-6-12)20(18,19)15-10-4-2-3-9-14/h5-8,15H,2-4,9-10H2,1H3,(H,16,17). The van der Waals surface area contributed by atoms with Crippen LogP contribution in [0.1, 0.15) is 26.2 Å². The zero-order valence-corrected chi connectivity index (χ0v) is 13.8. The van der Waals surface area contributed by atoms with Crippen LogP contribution >= 0.6 is 15.9 Å². The Kier molecular flexibility index (Phi) is 7.18. The topological polar surface area (TPSA) is 75.3 Å². The molecule has 0 aliphatic rings. The van der Waals surface area contributed by atoms with Gasteiger partial charge in [0.25, 0.3) is 0 Å². The fourth-order valence-corrected chi connectivity index (χ4v) is 3.08. The van der Waals surface area contributed by atoms with Crippen molar-refractivity contribution in [2.75, 3.05) is 17.2 Å². The Morgan fingerprint density at radius 3 is 2.35 bits per heavy atom. The van der Waals surface area contributed by atoms with E-state index in [1.165, 1.54) is 19.1 Å². The van der Waals surface area contributed by atoms with E-state index >= 15 is 0 Å². The second kappa shape index (κ2) is 8.39. The van der Waals surface area contributed by atoms with E-state index in [2.05, 4.69) is 26.0 Å². The maximum atomic E-state index is 12.0. The van der Waals surface area contributed by atoms with Gasteiger partial charge in [0.2, 0.25) is 15.9 Å². The van der Waals surface area contributed by atoms with Gasteiger partial charge < -0.3 is 5.32 Å². The number of nitrogens with one attached hydrogen (secondary N) is 2. The van der Waals surface area contributed by atoms with E-state index in [0.29, 0.717) is 12.2 Å². The molecule has 0 spiro atoms. The number of carbonyl (C=O) groups is 1. The number of alkyl halides is 1. The summed E-state index contributed by atoms with van der Waals surface area (Å²) in [6.45, 7) is 1.84. The fourth-order valence-electron chi connectivity index (χ4n) is 1.61. The molecule has 1 aromatic carbocycles. The second-order valence-corrected chi connectivity index (χ2v) is 6.91. The number of amides is 1. The van der Waals surface area contributed by atoms with E-state index in [4.69, 9.17) is 0 Å². The van der Waals surface area contributed by atoms with Gasteiger partial charge in [-0.15, -0.1) is 0 Å². The molecule has 0 saturated heterocycles. The zero-order valence-electron chi connectivity index (χ0n) is 11.4. The van der Waals surface area contributed by atoms with Crippen molar-refractivity contribution in [1.82, 2.24) is 4.72 Å². The molecule has 0 unspecified atom stereocenters. The van der Waals surface area contributed by atoms with Gasteiger partial charge >= 0.3 is 0 Å². The van der Waals surface area contributed by atoms with E-state index in [0.717, 1.165) is 24.6 Å². The van der Waals surface area contributed by atoms with Crippen LogP contribution in [0, 0.1) is 0 Å². The highest BCUT2D eigenvalue weighted by Gasteiger charge is 2.12. The van der Waals surface area contributed by atoms with Gasteiger partial charge in [0.05, 0.1) is 4.90 Å². The second-order valence-electron chi connectivity index (χ2n) is 4.35. The van der Waals surface area contributed by atoms with Crippen molar-refractivity contribution < 1.29 is 13.2 Å². The van der Waals surface area contributed by atoms with E-state index in [9.17, 15) is 13.2 Å². The Morgan fingerprint density at radius 2 is 1.80 bits per heavy atom. The van der Waals surface area contributed by atoms with Crippen LogP contribution in [0.4, 0.5) is 5.69 Å². The molecule has 0 saturated carbocycles. The Balaban J connectivity index is 2.56. The van der Waals surface area contributed by atoms with Crippen molar-refractivity contribution in [1.29, 1.82) is 0 Å². The quantitative estimate of drug-likeness (QED) is 0.550. The van der Waals surface area contributed by atoms with Crippen molar-refractivity contribution in [2.45, 2.75) is 31.1 Å². The number of sulfonamides is 1. The van der Waals surface area contributed by atoms with Crippen LogP contribution < -0.4 is 10.0 Å². The van der Waals surface area contributed by atoms with E-state index in [1.54, 1.807) is 12.1 Å². The summed E-state index contributed by atoms with van der Waals surface area (Å²) in [4.78, 5) is 11.1. The molecule has 0 heterocycles. The van der Waals surface area contributed by atoms with Crippen molar-refractivity contribution >= 4 is 37.5 Å². The Morgan fingerprint density at radius 1 is 1.15 bits per heavy atom. The first-order valence-corrected chi connectivity index (χ1v) is 8.99. The predicted octanol–water partition coefficient (Wildman–Crippen LogP) is 2.49. The van der Waals surface area contributed by atoms with Crippen LogP contribution in [0.5, 0.6) is 0 Å². The van der Waals surface area contributed by atoms with Gasteiger partial charge in [-0.05, 0) is 37.1 Å². The van der Waals surface area contributed by atoms with E-state index < -0.39 is 10.0 Å². The lowest BCUT2D eigenvalue weighted by Crippen LogP contribution is -2.24. The minimum absolute atomic E-state index is 0.189. The molecular weight excluding hydrogens is 344 g/mol. The summed E-state index contributed by atoms with van der Waals surface area (Å²) in [6.07, 6.45) is 2.83. The molecule has 1 rings (SSSR count). The van der Waals surface area contributed by atoms with Crippen LogP contribution in [0.2, 0.25) is 0 Å². The summed E-state index contributed by atoms with van der Waals surface area (Å²) in [5, 5.41) is 3.53. The van der Waals surface area contributed by atoms with Crippen molar-refractivity contribution in [3.05, 3.63) is 24.3 Å². The van der Waals surface area contributed by atoms with Crippen molar-refractivity contribution in [3.8, 4) is 0 Å². The molecule has 5 nitrogen and oxygen atoms in total. The highest BCUT2D eigenvalue weighted by atomic mass is 79.9. The number of unbranched alkanes of at least 4 members (excludes halogenated alkanes) is 2. The minimum Gasteiger partial charge on any atom is -0.326 e. The molecule has 7 heteroatoms.